The summed E-state index contributed by atoms with van der Waals surface area (Å²) >= 11 is 2.00. The molecule has 0 atom stereocenters. The minimum atomic E-state index is 0.265. The molecule has 1 aromatic rings. The quantitative estimate of drug-likeness (QED) is 0.763. The van der Waals surface area contributed by atoms with Crippen molar-refractivity contribution in [2.75, 3.05) is 30.3 Å². The van der Waals surface area contributed by atoms with E-state index in [1.165, 1.54) is 11.5 Å². The van der Waals surface area contributed by atoms with Crippen LogP contribution in [0.5, 0.6) is 0 Å². The van der Waals surface area contributed by atoms with Gasteiger partial charge in [-0.1, -0.05) is 0 Å². The molecule has 1 saturated heterocycles. The summed E-state index contributed by atoms with van der Waals surface area (Å²) in [6.45, 7) is 3.10. The number of nitrogens with zero attached hydrogens (tertiary/aromatic N) is 2. The number of nitrogens with two attached hydrogens (primary N) is 1. The lowest BCUT2D eigenvalue weighted by atomic mass is 10.4. The molecule has 0 radical (unpaired) electrons. The molecule has 0 bridgehead atoms. The Balaban J connectivity index is 1.89. The highest BCUT2D eigenvalue weighted by Gasteiger charge is 2.12. The fourth-order valence-corrected chi connectivity index (χ4v) is 2.35. The molecular weight excluding hydrogens is 186 g/mol. The van der Waals surface area contributed by atoms with Crippen LogP contribution in [0, 0.1) is 0 Å². The van der Waals surface area contributed by atoms with Crippen LogP contribution in [0.4, 0.5) is 6.01 Å². The van der Waals surface area contributed by atoms with E-state index in [1.807, 2.05) is 11.8 Å². The Morgan fingerprint density at radius 3 is 2.92 bits per heavy atom. The van der Waals surface area contributed by atoms with Gasteiger partial charge in [0.2, 0.25) is 0 Å². The molecule has 72 valence electrons. The van der Waals surface area contributed by atoms with E-state index in [4.69, 9.17) is 10.2 Å². The first kappa shape index (κ1) is 8.90. The number of hydrogen-bond donors (Lipinski definition) is 1. The summed E-state index contributed by atoms with van der Waals surface area (Å²) in [6, 6.07) is 0.265. The summed E-state index contributed by atoms with van der Waals surface area (Å²) in [5, 5.41) is 0. The fraction of sp³-hybridized carbons (Fsp3) is 0.625. The van der Waals surface area contributed by atoms with Gasteiger partial charge in [0, 0.05) is 24.6 Å². The average Bonchev–Trinajstić information content (AvgIpc) is 2.53. The van der Waals surface area contributed by atoms with Crippen LogP contribution >= 0.6 is 11.8 Å². The Labute approximate surface area is 81.5 Å². The normalized spacial score (nSPS) is 19.1. The number of rotatable bonds is 2. The lowest BCUT2D eigenvalue weighted by Crippen LogP contribution is -2.31. The Morgan fingerprint density at radius 1 is 1.54 bits per heavy atom. The molecule has 1 aromatic heterocycles. The van der Waals surface area contributed by atoms with Gasteiger partial charge >= 0.3 is 0 Å². The van der Waals surface area contributed by atoms with E-state index < -0.39 is 0 Å². The molecule has 2 N–H and O–H groups in total. The molecule has 2 heterocycles. The Hall–Kier alpha value is -0.680. The third-order valence-electron chi connectivity index (χ3n) is 2.05. The highest BCUT2D eigenvalue weighted by atomic mass is 32.2. The van der Waals surface area contributed by atoms with E-state index in [9.17, 15) is 0 Å². The van der Waals surface area contributed by atoms with Gasteiger partial charge in [-0.05, 0) is 0 Å². The van der Waals surface area contributed by atoms with Crippen LogP contribution in [0.25, 0.3) is 0 Å². The van der Waals surface area contributed by atoms with Crippen molar-refractivity contribution in [3.05, 3.63) is 12.0 Å². The zero-order valence-electron chi connectivity index (χ0n) is 7.40. The van der Waals surface area contributed by atoms with Crippen LogP contribution in [0.1, 0.15) is 5.76 Å². The number of nitrogen functional groups attached to an aromatic ring is 1. The van der Waals surface area contributed by atoms with Gasteiger partial charge in [0.25, 0.3) is 6.01 Å². The van der Waals surface area contributed by atoms with Crippen molar-refractivity contribution in [2.24, 2.45) is 0 Å². The number of thioether (sulfide) groups is 1. The monoisotopic (exact) mass is 199 g/mol. The maximum absolute atomic E-state index is 5.38. The molecule has 0 spiro atoms. The molecule has 1 aliphatic rings. The molecular formula is C8H13N3OS. The molecule has 2 rings (SSSR count). The van der Waals surface area contributed by atoms with Crippen molar-refractivity contribution < 1.29 is 4.42 Å². The zero-order valence-corrected chi connectivity index (χ0v) is 8.22. The Morgan fingerprint density at radius 2 is 2.31 bits per heavy atom. The smallest absolute Gasteiger partial charge is 0.292 e. The van der Waals surface area contributed by atoms with Crippen molar-refractivity contribution in [1.29, 1.82) is 0 Å². The molecule has 0 amide bonds. The van der Waals surface area contributed by atoms with Crippen molar-refractivity contribution in [3.8, 4) is 0 Å². The molecule has 1 fully saturated rings. The lowest BCUT2D eigenvalue weighted by molar-refractivity contribution is 0.269. The summed E-state index contributed by atoms with van der Waals surface area (Å²) in [4.78, 5) is 6.22. The lowest BCUT2D eigenvalue weighted by Gasteiger charge is -2.24. The molecule has 13 heavy (non-hydrogen) atoms. The largest absolute Gasteiger partial charge is 0.428 e. The summed E-state index contributed by atoms with van der Waals surface area (Å²) < 4.78 is 5.20. The van der Waals surface area contributed by atoms with Crippen molar-refractivity contribution in [2.45, 2.75) is 6.54 Å². The van der Waals surface area contributed by atoms with Gasteiger partial charge in [-0.25, -0.2) is 4.98 Å². The van der Waals surface area contributed by atoms with Crippen LogP contribution in [-0.2, 0) is 6.54 Å². The second kappa shape index (κ2) is 4.02. The maximum atomic E-state index is 5.38. The summed E-state index contributed by atoms with van der Waals surface area (Å²) in [6.07, 6.45) is 1.71. The maximum Gasteiger partial charge on any atom is 0.292 e. The molecule has 1 aliphatic heterocycles. The van der Waals surface area contributed by atoms with Crippen LogP contribution < -0.4 is 5.73 Å². The van der Waals surface area contributed by atoms with Gasteiger partial charge in [-0.2, -0.15) is 11.8 Å². The third-order valence-corrected chi connectivity index (χ3v) is 3.00. The number of anilines is 1. The van der Waals surface area contributed by atoms with Crippen molar-refractivity contribution in [1.82, 2.24) is 9.88 Å². The summed E-state index contributed by atoms with van der Waals surface area (Å²) in [7, 11) is 0. The minimum Gasteiger partial charge on any atom is -0.428 e. The molecule has 0 aliphatic carbocycles. The average molecular weight is 199 g/mol. The van der Waals surface area contributed by atoms with Crippen LogP contribution in [0.15, 0.2) is 10.6 Å². The summed E-state index contributed by atoms with van der Waals surface area (Å²) in [5.41, 5.74) is 5.38. The van der Waals surface area contributed by atoms with Gasteiger partial charge in [0.15, 0.2) is 0 Å². The van der Waals surface area contributed by atoms with Crippen LogP contribution in [-0.4, -0.2) is 34.5 Å². The van der Waals surface area contributed by atoms with Gasteiger partial charge in [-0.3, -0.25) is 4.90 Å². The number of aromatic nitrogens is 1. The second-order valence-corrected chi connectivity index (χ2v) is 4.28. The van der Waals surface area contributed by atoms with Gasteiger partial charge in [0.1, 0.15) is 5.76 Å². The molecule has 4 nitrogen and oxygen atoms in total. The number of oxazole rings is 1. The molecule has 5 heteroatoms. The predicted molar refractivity (Wildman–Crippen MR) is 53.5 cm³/mol. The van der Waals surface area contributed by atoms with Gasteiger partial charge in [-0.15, -0.1) is 0 Å². The molecule has 0 aromatic carbocycles. The van der Waals surface area contributed by atoms with Crippen LogP contribution in [0.3, 0.4) is 0 Å². The van der Waals surface area contributed by atoms with Gasteiger partial charge in [0.05, 0.1) is 12.7 Å². The van der Waals surface area contributed by atoms with Crippen molar-refractivity contribution in [3.63, 3.8) is 0 Å². The van der Waals surface area contributed by atoms with E-state index in [2.05, 4.69) is 9.88 Å². The first-order valence-corrected chi connectivity index (χ1v) is 5.50. The SMILES string of the molecule is Nc1ncc(CN2CCSCC2)o1. The Kier molecular flexibility index (Phi) is 2.75. The Bertz CT molecular complexity index is 270. The molecule has 0 saturated carbocycles. The highest BCUT2D eigenvalue weighted by molar-refractivity contribution is 7.99. The van der Waals surface area contributed by atoms with Crippen LogP contribution in [0.2, 0.25) is 0 Å². The van der Waals surface area contributed by atoms with E-state index >= 15 is 0 Å². The highest BCUT2D eigenvalue weighted by Crippen LogP contribution is 2.13. The summed E-state index contributed by atoms with van der Waals surface area (Å²) in [5.74, 6) is 3.29. The number of hydrogen-bond acceptors (Lipinski definition) is 5. The first-order chi connectivity index (χ1) is 6.34. The predicted octanol–water partition coefficient (Wildman–Crippen LogP) is 0.806. The van der Waals surface area contributed by atoms with Gasteiger partial charge < -0.3 is 10.2 Å². The van der Waals surface area contributed by atoms with E-state index in [0.717, 1.165) is 25.4 Å². The standard InChI is InChI=1S/C8H13N3OS/c9-8-10-5-7(12-8)6-11-1-3-13-4-2-11/h5H,1-4,6H2,(H2,9,10). The molecule has 0 unspecified atom stereocenters. The fourth-order valence-electron chi connectivity index (χ4n) is 1.38. The zero-order chi connectivity index (χ0) is 9.10. The van der Waals surface area contributed by atoms with E-state index in [0.29, 0.717) is 0 Å². The second-order valence-electron chi connectivity index (χ2n) is 3.05. The topological polar surface area (TPSA) is 55.3 Å². The van der Waals surface area contributed by atoms with Crippen molar-refractivity contribution >= 4 is 17.8 Å². The minimum absolute atomic E-state index is 0.265. The van der Waals surface area contributed by atoms with E-state index in [1.54, 1.807) is 6.20 Å². The third kappa shape index (κ3) is 2.38. The first-order valence-electron chi connectivity index (χ1n) is 4.35. The van der Waals surface area contributed by atoms with E-state index in [-0.39, 0.29) is 6.01 Å².